The molecule has 2 aromatic rings. The van der Waals surface area contributed by atoms with Crippen molar-refractivity contribution in [1.29, 1.82) is 0 Å². The molecule has 0 aliphatic carbocycles. The van der Waals surface area contributed by atoms with Crippen LogP contribution in [0, 0.1) is 5.92 Å². The van der Waals surface area contributed by atoms with Crippen LogP contribution in [0.3, 0.4) is 0 Å². The van der Waals surface area contributed by atoms with Gasteiger partial charge in [0.1, 0.15) is 11.0 Å². The van der Waals surface area contributed by atoms with Gasteiger partial charge in [0, 0.05) is 6.42 Å². The molecule has 3 nitrogen and oxygen atoms in total. The number of hydrogen-bond acceptors (Lipinski definition) is 2. The lowest BCUT2D eigenvalue weighted by Gasteiger charge is -2.22. The van der Waals surface area contributed by atoms with Gasteiger partial charge in [0.25, 0.3) is 0 Å². The van der Waals surface area contributed by atoms with Gasteiger partial charge in [-0.3, -0.25) is 4.40 Å². The fourth-order valence-electron chi connectivity index (χ4n) is 2.57. The smallest absolute Gasteiger partial charge is 0.114 e. The minimum absolute atomic E-state index is 0.686. The number of nitrogens with zero attached hydrogens (tertiary/aromatic N) is 2. The predicted octanol–water partition coefficient (Wildman–Crippen LogP) is 2.53. The molecule has 1 atom stereocenters. The maximum atomic E-state index is 6.23. The maximum absolute atomic E-state index is 6.23. The van der Waals surface area contributed by atoms with Crippen molar-refractivity contribution in [2.45, 2.75) is 19.3 Å². The minimum Gasteiger partial charge on any atom is -0.316 e. The van der Waals surface area contributed by atoms with Crippen LogP contribution in [0.2, 0.25) is 5.15 Å². The van der Waals surface area contributed by atoms with Gasteiger partial charge in [0.2, 0.25) is 0 Å². The summed E-state index contributed by atoms with van der Waals surface area (Å²) in [6.45, 7) is 2.25. The molecular weight excluding hydrogens is 234 g/mol. The first-order chi connectivity index (χ1) is 8.34. The molecule has 1 aliphatic heterocycles. The number of hydrogen-bond donors (Lipinski definition) is 1. The van der Waals surface area contributed by atoms with Crippen LogP contribution in [0.5, 0.6) is 0 Å². The Balaban J connectivity index is 1.89. The van der Waals surface area contributed by atoms with Crippen LogP contribution in [0.15, 0.2) is 24.4 Å². The summed E-state index contributed by atoms with van der Waals surface area (Å²) in [6.07, 6.45) is 5.45. The van der Waals surface area contributed by atoms with Gasteiger partial charge in [-0.15, -0.1) is 0 Å². The van der Waals surface area contributed by atoms with Crippen molar-refractivity contribution in [3.8, 4) is 0 Å². The monoisotopic (exact) mass is 249 g/mol. The number of aromatic nitrogens is 2. The third-order valence-electron chi connectivity index (χ3n) is 3.45. The van der Waals surface area contributed by atoms with E-state index in [9.17, 15) is 0 Å². The lowest BCUT2D eigenvalue weighted by Crippen LogP contribution is -2.31. The molecule has 4 heteroatoms. The second-order valence-corrected chi connectivity index (χ2v) is 5.09. The zero-order chi connectivity index (χ0) is 11.7. The van der Waals surface area contributed by atoms with Gasteiger partial charge >= 0.3 is 0 Å². The summed E-state index contributed by atoms with van der Waals surface area (Å²) in [7, 11) is 0. The molecule has 1 unspecified atom stereocenters. The molecule has 0 bridgehead atoms. The van der Waals surface area contributed by atoms with Gasteiger partial charge in [-0.25, -0.2) is 4.98 Å². The Morgan fingerprint density at radius 3 is 3.24 bits per heavy atom. The number of nitrogens with one attached hydrogen (secondary N) is 1. The van der Waals surface area contributed by atoms with E-state index in [-0.39, 0.29) is 0 Å². The van der Waals surface area contributed by atoms with Crippen LogP contribution in [0.4, 0.5) is 0 Å². The molecule has 0 spiro atoms. The zero-order valence-corrected chi connectivity index (χ0v) is 10.5. The van der Waals surface area contributed by atoms with Crippen molar-refractivity contribution in [2.75, 3.05) is 13.1 Å². The normalized spacial score (nSPS) is 20.9. The Bertz CT molecular complexity index is 514. The largest absolute Gasteiger partial charge is 0.316 e. The fourth-order valence-corrected chi connectivity index (χ4v) is 2.84. The first-order valence-electron chi connectivity index (χ1n) is 6.16. The van der Waals surface area contributed by atoms with Crippen molar-refractivity contribution >= 4 is 17.1 Å². The van der Waals surface area contributed by atoms with Gasteiger partial charge in [0.05, 0.1) is 11.7 Å². The highest BCUT2D eigenvalue weighted by atomic mass is 35.5. The van der Waals surface area contributed by atoms with Gasteiger partial charge in [0.15, 0.2) is 0 Å². The predicted molar refractivity (Wildman–Crippen MR) is 69.5 cm³/mol. The lowest BCUT2D eigenvalue weighted by atomic mass is 9.96. The first-order valence-corrected chi connectivity index (χ1v) is 6.54. The van der Waals surface area contributed by atoms with Crippen LogP contribution in [-0.2, 0) is 6.42 Å². The van der Waals surface area contributed by atoms with E-state index in [1.54, 1.807) is 0 Å². The van der Waals surface area contributed by atoms with E-state index in [4.69, 9.17) is 11.6 Å². The summed E-state index contributed by atoms with van der Waals surface area (Å²) in [6, 6.07) is 5.92. The molecule has 17 heavy (non-hydrogen) atoms. The van der Waals surface area contributed by atoms with Crippen molar-refractivity contribution in [3.05, 3.63) is 35.4 Å². The quantitative estimate of drug-likeness (QED) is 0.829. The summed E-state index contributed by atoms with van der Waals surface area (Å²) in [4.78, 5) is 4.50. The van der Waals surface area contributed by atoms with E-state index in [0.29, 0.717) is 5.92 Å². The second kappa shape index (κ2) is 4.67. The SMILES string of the molecule is Clc1cccc2cnc(CC3CCCNC3)n12. The molecule has 3 rings (SSSR count). The summed E-state index contributed by atoms with van der Waals surface area (Å²) >= 11 is 6.23. The number of fused-ring (bicyclic) bond motifs is 1. The van der Waals surface area contributed by atoms with Crippen molar-refractivity contribution < 1.29 is 0 Å². The van der Waals surface area contributed by atoms with Gasteiger partial charge < -0.3 is 5.32 Å². The van der Waals surface area contributed by atoms with Crippen LogP contribution >= 0.6 is 11.6 Å². The van der Waals surface area contributed by atoms with Crippen molar-refractivity contribution in [1.82, 2.24) is 14.7 Å². The molecule has 2 aromatic heterocycles. The molecule has 0 saturated carbocycles. The highest BCUT2D eigenvalue weighted by molar-refractivity contribution is 6.29. The summed E-state index contributed by atoms with van der Waals surface area (Å²) in [5.41, 5.74) is 1.08. The third kappa shape index (κ3) is 2.17. The molecule has 0 radical (unpaired) electrons. The Hall–Kier alpha value is -1.06. The number of halogens is 1. The van der Waals surface area contributed by atoms with Crippen molar-refractivity contribution in [3.63, 3.8) is 0 Å². The molecule has 1 N–H and O–H groups in total. The number of imidazole rings is 1. The van der Waals surface area contributed by atoms with E-state index >= 15 is 0 Å². The second-order valence-electron chi connectivity index (χ2n) is 4.70. The Kier molecular flexibility index (Phi) is 3.04. The van der Waals surface area contributed by atoms with Gasteiger partial charge in [-0.1, -0.05) is 17.7 Å². The van der Waals surface area contributed by atoms with Crippen LogP contribution in [-0.4, -0.2) is 22.5 Å². The summed E-state index contributed by atoms with van der Waals surface area (Å²) in [5, 5.41) is 4.19. The van der Waals surface area contributed by atoms with E-state index in [0.717, 1.165) is 36.0 Å². The lowest BCUT2D eigenvalue weighted by molar-refractivity contribution is 0.370. The fraction of sp³-hybridized carbons (Fsp3) is 0.462. The Morgan fingerprint density at radius 2 is 2.41 bits per heavy atom. The van der Waals surface area contributed by atoms with E-state index in [1.165, 1.54) is 12.8 Å². The average Bonchev–Trinajstić information content (AvgIpc) is 2.75. The Labute approximate surface area is 106 Å². The van der Waals surface area contributed by atoms with E-state index < -0.39 is 0 Å². The third-order valence-corrected chi connectivity index (χ3v) is 3.74. The van der Waals surface area contributed by atoms with Gasteiger partial charge in [-0.05, 0) is 44.0 Å². The minimum atomic E-state index is 0.686. The van der Waals surface area contributed by atoms with E-state index in [2.05, 4.69) is 14.7 Å². The molecule has 0 amide bonds. The molecule has 90 valence electrons. The highest BCUT2D eigenvalue weighted by Crippen LogP contribution is 2.20. The average molecular weight is 250 g/mol. The number of pyridine rings is 1. The van der Waals surface area contributed by atoms with E-state index in [1.807, 2.05) is 24.4 Å². The van der Waals surface area contributed by atoms with Crippen molar-refractivity contribution in [2.24, 2.45) is 5.92 Å². The summed E-state index contributed by atoms with van der Waals surface area (Å²) < 4.78 is 2.05. The maximum Gasteiger partial charge on any atom is 0.114 e. The zero-order valence-electron chi connectivity index (χ0n) is 9.69. The van der Waals surface area contributed by atoms with Crippen LogP contribution in [0.1, 0.15) is 18.7 Å². The number of piperidine rings is 1. The first kappa shape index (κ1) is 11.1. The standard InChI is InChI=1S/C13H16ClN3/c14-12-5-1-4-11-9-16-13(17(11)12)7-10-3-2-6-15-8-10/h1,4-5,9-10,15H,2-3,6-8H2. The molecular formula is C13H16ClN3. The summed E-state index contributed by atoms with van der Waals surface area (Å²) in [5.74, 6) is 1.77. The molecule has 1 aliphatic rings. The molecule has 0 aromatic carbocycles. The van der Waals surface area contributed by atoms with Gasteiger partial charge in [-0.2, -0.15) is 0 Å². The van der Waals surface area contributed by atoms with Crippen LogP contribution < -0.4 is 5.32 Å². The topological polar surface area (TPSA) is 29.3 Å². The van der Waals surface area contributed by atoms with Crippen LogP contribution in [0.25, 0.3) is 5.52 Å². The molecule has 1 saturated heterocycles. The Morgan fingerprint density at radius 1 is 1.47 bits per heavy atom. The molecule has 1 fully saturated rings. The number of rotatable bonds is 2. The molecule has 3 heterocycles. The highest BCUT2D eigenvalue weighted by Gasteiger charge is 2.16.